The van der Waals surface area contributed by atoms with Crippen LogP contribution in [0.3, 0.4) is 0 Å². The van der Waals surface area contributed by atoms with Crippen LogP contribution in [0.4, 0.5) is 0 Å². The summed E-state index contributed by atoms with van der Waals surface area (Å²) in [7, 11) is 0. The third kappa shape index (κ3) is 7.63. The molecule has 0 bridgehead atoms. The van der Waals surface area contributed by atoms with Crippen molar-refractivity contribution in [3.05, 3.63) is 65.5 Å². The highest BCUT2D eigenvalue weighted by atomic mass is 127. The molecule has 154 valence electrons. The van der Waals surface area contributed by atoms with Crippen molar-refractivity contribution >= 4 is 29.9 Å². The number of rotatable bonds is 6. The number of nitriles is 1. The van der Waals surface area contributed by atoms with E-state index in [2.05, 4.69) is 39.6 Å². The monoisotopic (exact) mass is 504 g/mol. The minimum Gasteiger partial charge on any atom is -0.357 e. The molecule has 29 heavy (non-hydrogen) atoms. The van der Waals surface area contributed by atoms with Crippen molar-refractivity contribution in [3.8, 4) is 6.07 Å². The molecule has 3 rings (SSSR count). The Morgan fingerprint density at radius 3 is 2.76 bits per heavy atom. The van der Waals surface area contributed by atoms with Gasteiger partial charge in [0.1, 0.15) is 0 Å². The molecule has 0 atom stereocenters. The van der Waals surface area contributed by atoms with Crippen molar-refractivity contribution in [1.82, 2.24) is 20.5 Å². The number of benzene rings is 1. The van der Waals surface area contributed by atoms with Gasteiger partial charge in [-0.1, -0.05) is 18.2 Å². The van der Waals surface area contributed by atoms with E-state index in [-0.39, 0.29) is 24.0 Å². The first-order valence-electron chi connectivity index (χ1n) is 9.93. The summed E-state index contributed by atoms with van der Waals surface area (Å²) in [5.74, 6) is 0.841. The Labute approximate surface area is 190 Å². The number of nitrogens with one attached hydrogen (secondary N) is 2. The van der Waals surface area contributed by atoms with Crippen LogP contribution in [0, 0.1) is 11.3 Å². The Hall–Kier alpha value is -2.18. The Bertz CT molecular complexity index is 810. The number of hydrogen-bond donors (Lipinski definition) is 2. The minimum atomic E-state index is 0. The number of hydrogen-bond acceptors (Lipinski definition) is 4. The summed E-state index contributed by atoms with van der Waals surface area (Å²) >= 11 is 0. The number of aliphatic imine (C=N–C) groups is 1. The second-order valence-electron chi connectivity index (χ2n) is 7.02. The predicted octanol–water partition coefficient (Wildman–Crippen LogP) is 3.29. The van der Waals surface area contributed by atoms with E-state index in [0.29, 0.717) is 18.2 Å². The molecule has 0 spiro atoms. The highest BCUT2D eigenvalue weighted by molar-refractivity contribution is 14.0. The average Bonchev–Trinajstić information content (AvgIpc) is 2.74. The second-order valence-corrected chi connectivity index (χ2v) is 7.02. The normalized spacial score (nSPS) is 15.2. The summed E-state index contributed by atoms with van der Waals surface area (Å²) in [6.07, 6.45) is 4.03. The van der Waals surface area contributed by atoms with E-state index in [9.17, 15) is 0 Å². The van der Waals surface area contributed by atoms with Crippen LogP contribution >= 0.6 is 24.0 Å². The third-order valence-electron chi connectivity index (χ3n) is 4.86. The van der Waals surface area contributed by atoms with Gasteiger partial charge in [-0.3, -0.25) is 9.88 Å². The Morgan fingerprint density at radius 2 is 2.07 bits per heavy atom. The number of likely N-dealkylation sites (tertiary alicyclic amines) is 1. The lowest BCUT2D eigenvalue weighted by atomic mass is 10.0. The van der Waals surface area contributed by atoms with E-state index >= 15 is 0 Å². The lowest BCUT2D eigenvalue weighted by molar-refractivity contribution is 0.196. The standard InChI is InChI=1S/C22H28N6.HI/c1-2-24-22(26-16-19-7-5-6-18(14-19)15-23)27-20-9-12-28(13-10-20)17-21-8-3-4-11-25-21;/h3-8,11,14,20H,2,9-10,12-13,16-17H2,1H3,(H2,24,26,27);1H. The molecule has 1 aliphatic rings. The molecule has 0 saturated carbocycles. The first kappa shape index (κ1) is 23.1. The highest BCUT2D eigenvalue weighted by Crippen LogP contribution is 2.13. The summed E-state index contributed by atoms with van der Waals surface area (Å²) in [4.78, 5) is 11.6. The van der Waals surface area contributed by atoms with Gasteiger partial charge in [0.15, 0.2) is 5.96 Å². The van der Waals surface area contributed by atoms with Gasteiger partial charge >= 0.3 is 0 Å². The fourth-order valence-electron chi connectivity index (χ4n) is 3.38. The van der Waals surface area contributed by atoms with Crippen LogP contribution < -0.4 is 10.6 Å². The molecule has 2 aromatic rings. The van der Waals surface area contributed by atoms with Crippen molar-refractivity contribution in [2.45, 2.75) is 38.9 Å². The number of halogens is 1. The minimum absolute atomic E-state index is 0. The average molecular weight is 504 g/mol. The van der Waals surface area contributed by atoms with Gasteiger partial charge in [0.25, 0.3) is 0 Å². The van der Waals surface area contributed by atoms with Gasteiger partial charge in [-0.15, -0.1) is 24.0 Å². The third-order valence-corrected chi connectivity index (χ3v) is 4.86. The molecule has 1 aromatic heterocycles. The molecule has 6 nitrogen and oxygen atoms in total. The highest BCUT2D eigenvalue weighted by Gasteiger charge is 2.20. The van der Waals surface area contributed by atoms with Crippen LogP contribution in [0.2, 0.25) is 0 Å². The number of pyridine rings is 1. The molecule has 0 unspecified atom stereocenters. The van der Waals surface area contributed by atoms with Crippen LogP contribution in [-0.2, 0) is 13.1 Å². The molecular formula is C22H29IN6. The van der Waals surface area contributed by atoms with E-state index in [0.717, 1.165) is 56.2 Å². The fourth-order valence-corrected chi connectivity index (χ4v) is 3.38. The van der Waals surface area contributed by atoms with Crippen LogP contribution in [0.5, 0.6) is 0 Å². The first-order valence-corrected chi connectivity index (χ1v) is 9.93. The quantitative estimate of drug-likeness (QED) is 0.359. The smallest absolute Gasteiger partial charge is 0.191 e. The van der Waals surface area contributed by atoms with Crippen LogP contribution in [0.25, 0.3) is 0 Å². The predicted molar refractivity (Wildman–Crippen MR) is 127 cm³/mol. The molecule has 0 amide bonds. The van der Waals surface area contributed by atoms with E-state index in [1.807, 2.05) is 42.6 Å². The second kappa shape index (κ2) is 12.4. The zero-order valence-electron chi connectivity index (χ0n) is 16.8. The van der Waals surface area contributed by atoms with Crippen molar-refractivity contribution in [3.63, 3.8) is 0 Å². The van der Waals surface area contributed by atoms with Crippen LogP contribution in [-0.4, -0.2) is 41.5 Å². The fraction of sp³-hybridized carbons (Fsp3) is 0.409. The summed E-state index contributed by atoms with van der Waals surface area (Å²) in [5, 5.41) is 15.9. The molecule has 1 aliphatic heterocycles. The van der Waals surface area contributed by atoms with Gasteiger partial charge < -0.3 is 10.6 Å². The van der Waals surface area contributed by atoms with Gasteiger partial charge in [0.05, 0.1) is 23.9 Å². The molecule has 1 saturated heterocycles. The van der Waals surface area contributed by atoms with Crippen LogP contribution in [0.15, 0.2) is 53.7 Å². The Morgan fingerprint density at radius 1 is 1.24 bits per heavy atom. The zero-order valence-corrected chi connectivity index (χ0v) is 19.2. The summed E-state index contributed by atoms with van der Waals surface area (Å²) < 4.78 is 0. The lowest BCUT2D eigenvalue weighted by Gasteiger charge is -2.32. The van der Waals surface area contributed by atoms with Crippen molar-refractivity contribution in [2.75, 3.05) is 19.6 Å². The number of aromatic nitrogens is 1. The van der Waals surface area contributed by atoms with Crippen molar-refractivity contribution in [1.29, 1.82) is 5.26 Å². The molecule has 1 fully saturated rings. The Balaban J connectivity index is 0.00000300. The number of guanidine groups is 1. The van der Waals surface area contributed by atoms with Crippen molar-refractivity contribution in [2.24, 2.45) is 4.99 Å². The maximum absolute atomic E-state index is 9.04. The van der Waals surface area contributed by atoms with E-state index in [4.69, 9.17) is 10.3 Å². The van der Waals surface area contributed by atoms with Gasteiger partial charge in [0.2, 0.25) is 0 Å². The number of piperidine rings is 1. The first-order chi connectivity index (χ1) is 13.8. The molecule has 7 heteroatoms. The number of nitrogens with zero attached hydrogens (tertiary/aromatic N) is 4. The van der Waals surface area contributed by atoms with Gasteiger partial charge in [-0.05, 0) is 49.6 Å². The molecule has 1 aromatic carbocycles. The summed E-state index contributed by atoms with van der Waals surface area (Å²) in [6, 6.07) is 16.3. The van der Waals surface area contributed by atoms with Crippen molar-refractivity contribution < 1.29 is 0 Å². The van der Waals surface area contributed by atoms with E-state index in [1.54, 1.807) is 0 Å². The maximum atomic E-state index is 9.04. The van der Waals surface area contributed by atoms with Gasteiger partial charge in [-0.25, -0.2) is 4.99 Å². The molecule has 2 heterocycles. The van der Waals surface area contributed by atoms with E-state index in [1.165, 1.54) is 0 Å². The van der Waals surface area contributed by atoms with Gasteiger partial charge in [0, 0.05) is 38.4 Å². The SMILES string of the molecule is CCNC(=NCc1cccc(C#N)c1)NC1CCN(Cc2ccccn2)CC1.I. The Kier molecular flexibility index (Phi) is 9.88. The summed E-state index contributed by atoms with van der Waals surface area (Å²) in [5.41, 5.74) is 2.84. The maximum Gasteiger partial charge on any atom is 0.191 e. The van der Waals surface area contributed by atoms with E-state index < -0.39 is 0 Å². The summed E-state index contributed by atoms with van der Waals surface area (Å²) in [6.45, 7) is 6.47. The zero-order chi connectivity index (χ0) is 19.6. The molecule has 0 radical (unpaired) electrons. The molecule has 2 N–H and O–H groups in total. The lowest BCUT2D eigenvalue weighted by Crippen LogP contribution is -2.48. The topological polar surface area (TPSA) is 76.3 Å². The van der Waals surface area contributed by atoms with Crippen LogP contribution in [0.1, 0.15) is 36.6 Å². The van der Waals surface area contributed by atoms with Gasteiger partial charge in [-0.2, -0.15) is 5.26 Å². The molecular weight excluding hydrogens is 475 g/mol. The molecule has 0 aliphatic carbocycles. The largest absolute Gasteiger partial charge is 0.357 e.